The van der Waals surface area contributed by atoms with E-state index in [-0.39, 0.29) is 33.1 Å². The number of thiazole rings is 1. The topological polar surface area (TPSA) is 107 Å². The molecule has 1 atom stereocenters. The number of amides is 2. The zero-order valence-electron chi connectivity index (χ0n) is 21.6. The van der Waals surface area contributed by atoms with E-state index in [1.54, 1.807) is 0 Å². The molecule has 3 N–H and O–H groups in total. The molecule has 1 unspecified atom stereocenters. The zero-order valence-corrected chi connectivity index (χ0v) is 22.4. The maximum atomic E-state index is 13.9. The number of anilines is 1. The van der Waals surface area contributed by atoms with E-state index in [9.17, 15) is 27.2 Å². The monoisotopic (exact) mass is 559 g/mol. The average Bonchev–Trinajstić information content (AvgIpc) is 3.60. The molecule has 0 aromatic carbocycles. The first-order chi connectivity index (χ1) is 18.0. The summed E-state index contributed by atoms with van der Waals surface area (Å²) in [5, 5.41) is 13.9. The van der Waals surface area contributed by atoms with Crippen LogP contribution in [-0.4, -0.2) is 70.0 Å². The van der Waals surface area contributed by atoms with Crippen LogP contribution in [0.3, 0.4) is 0 Å². The lowest BCUT2D eigenvalue weighted by atomic mass is 10.1. The van der Waals surface area contributed by atoms with Crippen LogP contribution >= 0.6 is 11.3 Å². The molecule has 1 saturated heterocycles. The molecule has 210 valence electrons. The molecule has 1 aliphatic heterocycles. The van der Waals surface area contributed by atoms with Gasteiger partial charge in [-0.3, -0.25) is 9.59 Å². The van der Waals surface area contributed by atoms with Crippen molar-refractivity contribution >= 4 is 29.0 Å². The van der Waals surface area contributed by atoms with Crippen molar-refractivity contribution < 1.29 is 32.3 Å². The minimum Gasteiger partial charge on any atom is -0.393 e. The van der Waals surface area contributed by atoms with Crippen LogP contribution in [0.5, 0.6) is 0 Å². The van der Waals surface area contributed by atoms with Crippen LogP contribution in [0.15, 0.2) is 12.3 Å². The van der Waals surface area contributed by atoms with E-state index in [2.05, 4.69) is 20.6 Å². The van der Waals surface area contributed by atoms with E-state index in [0.29, 0.717) is 6.54 Å². The van der Waals surface area contributed by atoms with Gasteiger partial charge in [0, 0.05) is 43.4 Å². The number of hydrogen-bond acceptors (Lipinski definition) is 7. The molecule has 38 heavy (non-hydrogen) atoms. The molecule has 13 heteroatoms. The predicted molar refractivity (Wildman–Crippen MR) is 137 cm³/mol. The first-order valence-electron chi connectivity index (χ1n) is 12.6. The normalized spacial score (nSPS) is 18.9. The number of likely N-dealkylation sites (tertiary alicyclic amines) is 1. The lowest BCUT2D eigenvalue weighted by Crippen LogP contribution is -2.35. The van der Waals surface area contributed by atoms with Gasteiger partial charge in [-0.25, -0.2) is 27.5 Å². The second-order valence-electron chi connectivity index (χ2n) is 9.44. The Morgan fingerprint density at radius 2 is 1.97 bits per heavy atom. The van der Waals surface area contributed by atoms with Gasteiger partial charge in [0.25, 0.3) is 24.2 Å². The maximum Gasteiger partial charge on any atom is 0.280 e. The minimum atomic E-state index is -3.06. The molecule has 1 saturated carbocycles. The largest absolute Gasteiger partial charge is 0.393 e. The second kappa shape index (κ2) is 12.8. The van der Waals surface area contributed by atoms with Gasteiger partial charge in [-0.05, 0) is 32.3 Å². The molecule has 0 bridgehead atoms. The van der Waals surface area contributed by atoms with Crippen molar-refractivity contribution in [1.82, 2.24) is 20.2 Å². The molecule has 8 nitrogen and oxygen atoms in total. The lowest BCUT2D eigenvalue weighted by molar-refractivity contribution is 0.0118. The molecule has 2 amide bonds. The summed E-state index contributed by atoms with van der Waals surface area (Å²) in [7, 11) is 1.36. The van der Waals surface area contributed by atoms with Crippen LogP contribution < -0.4 is 10.6 Å². The summed E-state index contributed by atoms with van der Waals surface area (Å²) in [5.74, 6) is -4.29. The van der Waals surface area contributed by atoms with E-state index in [0.717, 1.165) is 35.5 Å². The summed E-state index contributed by atoms with van der Waals surface area (Å²) < 4.78 is 55.5. The Labute approximate surface area is 222 Å². The highest BCUT2D eigenvalue weighted by Crippen LogP contribution is 2.40. The third-order valence-electron chi connectivity index (χ3n) is 6.34. The first-order valence-corrected chi connectivity index (χ1v) is 13.4. The Bertz CT molecular complexity index is 1120. The number of nitrogens with one attached hydrogen (secondary N) is 2. The fourth-order valence-corrected chi connectivity index (χ4v) is 5.40. The van der Waals surface area contributed by atoms with Gasteiger partial charge in [0.2, 0.25) is 0 Å². The zero-order chi connectivity index (χ0) is 28.0. The molecule has 2 fully saturated rings. The van der Waals surface area contributed by atoms with E-state index in [1.807, 2.05) is 6.92 Å². The molecule has 0 radical (unpaired) electrons. The number of halogens is 4. The van der Waals surface area contributed by atoms with Crippen molar-refractivity contribution in [2.75, 3.05) is 25.5 Å². The molecule has 2 aliphatic rings. The minimum absolute atomic E-state index is 0.0131. The Morgan fingerprint density at radius 3 is 2.47 bits per heavy atom. The SMILES string of the molecule is CCCNc1cc(C(F)F)c(-c2sc(C(=O)NC)nc2C(=O)N2CC(F)(F)CC2C)cn1.OC1CCCC1. The highest BCUT2D eigenvalue weighted by molar-refractivity contribution is 7.17. The molecule has 2 aromatic rings. The van der Waals surface area contributed by atoms with Crippen molar-refractivity contribution in [1.29, 1.82) is 0 Å². The van der Waals surface area contributed by atoms with Gasteiger partial charge in [0.15, 0.2) is 5.01 Å². The van der Waals surface area contributed by atoms with Gasteiger partial charge in [0.05, 0.1) is 17.5 Å². The van der Waals surface area contributed by atoms with Crippen LogP contribution in [0.4, 0.5) is 23.4 Å². The fourth-order valence-electron chi connectivity index (χ4n) is 4.37. The standard InChI is InChI=1S/C20H23F4N5O2S.C5H10O/c1-4-5-26-13-6-11(16(21)22)12(8-27-13)15-14(28-18(32-15)17(30)25-3)19(31)29-9-20(23,24)7-10(29)2;6-5-3-1-2-4-5/h6,8,10,16H,4-5,7,9H2,1-3H3,(H,25,30)(H,26,27);5-6H,1-4H2. The smallest absolute Gasteiger partial charge is 0.280 e. The number of carbonyl (C=O) groups excluding carboxylic acids is 2. The fraction of sp³-hybridized carbons (Fsp3) is 0.600. The number of alkyl halides is 4. The molecular weight excluding hydrogens is 526 g/mol. The Kier molecular flexibility index (Phi) is 10.0. The molecule has 3 heterocycles. The third-order valence-corrected chi connectivity index (χ3v) is 7.42. The molecule has 4 rings (SSSR count). The molecule has 2 aromatic heterocycles. The van der Waals surface area contributed by atoms with Crippen LogP contribution in [-0.2, 0) is 0 Å². The Hall–Kier alpha value is -2.80. The van der Waals surface area contributed by atoms with Gasteiger partial charge in [-0.2, -0.15) is 0 Å². The predicted octanol–water partition coefficient (Wildman–Crippen LogP) is 5.12. The summed E-state index contributed by atoms with van der Waals surface area (Å²) >= 11 is 0.737. The summed E-state index contributed by atoms with van der Waals surface area (Å²) in [5.41, 5.74) is -0.799. The second-order valence-corrected chi connectivity index (χ2v) is 10.4. The highest BCUT2D eigenvalue weighted by Gasteiger charge is 2.46. The summed E-state index contributed by atoms with van der Waals surface area (Å²) in [6, 6.07) is 0.402. The number of nitrogens with zero attached hydrogens (tertiary/aromatic N) is 3. The highest BCUT2D eigenvalue weighted by atomic mass is 32.1. The van der Waals surface area contributed by atoms with Crippen LogP contribution in [0.25, 0.3) is 10.4 Å². The van der Waals surface area contributed by atoms with Crippen LogP contribution in [0, 0.1) is 0 Å². The molecule has 0 spiro atoms. The number of aliphatic hydroxyl groups excluding tert-OH is 1. The summed E-state index contributed by atoms with van der Waals surface area (Å²) in [4.78, 5) is 34.4. The molecule has 1 aliphatic carbocycles. The number of rotatable bonds is 7. The van der Waals surface area contributed by atoms with E-state index in [4.69, 9.17) is 5.11 Å². The lowest BCUT2D eigenvalue weighted by Gasteiger charge is -2.20. The number of carbonyl (C=O) groups is 2. The summed E-state index contributed by atoms with van der Waals surface area (Å²) in [6.45, 7) is 3.11. The first kappa shape index (κ1) is 29.8. The van der Waals surface area contributed by atoms with Gasteiger partial charge in [-0.1, -0.05) is 19.8 Å². The molecular formula is C25H33F4N5O3S. The van der Waals surface area contributed by atoms with Gasteiger partial charge in [0.1, 0.15) is 11.5 Å². The number of pyridine rings is 1. The maximum absolute atomic E-state index is 13.9. The summed E-state index contributed by atoms with van der Waals surface area (Å²) in [6.07, 6.45) is 3.13. The quantitative estimate of drug-likeness (QED) is 0.407. The van der Waals surface area contributed by atoms with Crippen molar-refractivity contribution in [3.05, 3.63) is 28.5 Å². The van der Waals surface area contributed by atoms with Crippen molar-refractivity contribution in [3.8, 4) is 10.4 Å². The van der Waals surface area contributed by atoms with E-state index < -0.39 is 48.7 Å². The number of aliphatic hydroxyl groups is 1. The van der Waals surface area contributed by atoms with Crippen LogP contribution in [0.2, 0.25) is 0 Å². The van der Waals surface area contributed by atoms with Gasteiger partial charge >= 0.3 is 0 Å². The Balaban J connectivity index is 0.000000585. The van der Waals surface area contributed by atoms with Crippen molar-refractivity contribution in [2.45, 2.75) is 76.9 Å². The van der Waals surface area contributed by atoms with Gasteiger partial charge in [-0.15, -0.1) is 11.3 Å². The third kappa shape index (κ3) is 7.19. The average molecular weight is 560 g/mol. The van der Waals surface area contributed by atoms with Crippen molar-refractivity contribution in [3.63, 3.8) is 0 Å². The van der Waals surface area contributed by atoms with E-state index >= 15 is 0 Å². The Morgan fingerprint density at radius 1 is 1.29 bits per heavy atom. The number of hydrogen-bond donors (Lipinski definition) is 3. The van der Waals surface area contributed by atoms with Crippen molar-refractivity contribution in [2.24, 2.45) is 0 Å². The van der Waals surface area contributed by atoms with E-state index in [1.165, 1.54) is 39.1 Å². The van der Waals surface area contributed by atoms with Gasteiger partial charge < -0.3 is 20.6 Å². The number of aromatic nitrogens is 2. The van der Waals surface area contributed by atoms with Crippen LogP contribution in [0.1, 0.15) is 84.7 Å².